The van der Waals surface area contributed by atoms with Crippen LogP contribution in [0.3, 0.4) is 0 Å². The molecule has 1 amide bonds. The zero-order chi connectivity index (χ0) is 21.8. The van der Waals surface area contributed by atoms with Gasteiger partial charge in [0, 0.05) is 24.3 Å². The normalized spacial score (nSPS) is 15.9. The molecule has 2 aromatic carbocycles. The summed E-state index contributed by atoms with van der Waals surface area (Å²) in [5, 5.41) is 3.17. The molecule has 162 valence electrons. The van der Waals surface area contributed by atoms with Gasteiger partial charge >= 0.3 is 0 Å². The second-order valence-corrected chi connectivity index (χ2v) is 9.02. The Kier molecular flexibility index (Phi) is 7.06. The van der Waals surface area contributed by atoms with E-state index in [2.05, 4.69) is 55.3 Å². The first-order valence-electron chi connectivity index (χ1n) is 11.1. The summed E-state index contributed by atoms with van der Waals surface area (Å²) in [4.78, 5) is 15.5. The number of nitrogens with one attached hydrogen (secondary N) is 1. The van der Waals surface area contributed by atoms with E-state index in [9.17, 15) is 4.79 Å². The number of piperidine rings is 1. The quantitative estimate of drug-likeness (QED) is 0.651. The lowest BCUT2D eigenvalue weighted by atomic mass is 9.95. The molecule has 3 rings (SSSR count). The number of carbonyl (C=O) groups is 1. The Bertz CT molecular complexity index is 865. The van der Waals surface area contributed by atoms with E-state index < -0.39 is 0 Å². The van der Waals surface area contributed by atoms with Crippen LogP contribution in [0, 0.1) is 12.8 Å². The average molecular weight is 409 g/mol. The summed E-state index contributed by atoms with van der Waals surface area (Å²) < 4.78 is 5.50. The summed E-state index contributed by atoms with van der Waals surface area (Å²) >= 11 is 0. The minimum atomic E-state index is -0.0584. The Morgan fingerprint density at radius 2 is 1.73 bits per heavy atom. The van der Waals surface area contributed by atoms with Crippen molar-refractivity contribution in [3.05, 3.63) is 58.7 Å². The minimum Gasteiger partial charge on any atom is -0.496 e. The van der Waals surface area contributed by atoms with Gasteiger partial charge in [-0.15, -0.1) is 0 Å². The standard InChI is InChI=1S/C26H36N2O2/c1-17(2)23-16-24(19(4)15-25(23)30-6)26(29)27-20(5)21-7-9-22(10-8-21)28-13-11-18(3)12-14-28/h7-10,15-18,20H,11-14H2,1-6H3,(H,27,29). The second-order valence-electron chi connectivity index (χ2n) is 9.02. The number of ether oxygens (including phenoxy) is 1. The molecule has 4 heteroatoms. The Balaban J connectivity index is 1.70. The molecule has 0 bridgehead atoms. The molecule has 1 N–H and O–H groups in total. The van der Waals surface area contributed by atoms with Crippen molar-refractivity contribution in [2.45, 2.75) is 59.4 Å². The van der Waals surface area contributed by atoms with Crippen molar-refractivity contribution in [2.24, 2.45) is 5.92 Å². The third kappa shape index (κ3) is 4.97. The van der Waals surface area contributed by atoms with Crippen molar-refractivity contribution in [3.8, 4) is 5.75 Å². The molecule has 0 radical (unpaired) electrons. The van der Waals surface area contributed by atoms with E-state index in [4.69, 9.17) is 4.74 Å². The van der Waals surface area contributed by atoms with Crippen molar-refractivity contribution in [2.75, 3.05) is 25.1 Å². The molecule has 1 heterocycles. The highest BCUT2D eigenvalue weighted by Crippen LogP contribution is 2.30. The molecule has 0 saturated carbocycles. The zero-order valence-corrected chi connectivity index (χ0v) is 19.3. The molecule has 1 aliphatic heterocycles. The van der Waals surface area contributed by atoms with Crippen LogP contribution < -0.4 is 15.0 Å². The highest BCUT2D eigenvalue weighted by Gasteiger charge is 2.19. The summed E-state index contributed by atoms with van der Waals surface area (Å²) in [5.41, 5.74) is 5.09. The first kappa shape index (κ1) is 22.2. The maximum absolute atomic E-state index is 13.0. The summed E-state index contributed by atoms with van der Waals surface area (Å²) in [6.45, 7) is 12.8. The Hall–Kier alpha value is -2.49. The Morgan fingerprint density at radius 1 is 1.10 bits per heavy atom. The van der Waals surface area contributed by atoms with E-state index in [0.717, 1.165) is 41.4 Å². The van der Waals surface area contributed by atoms with E-state index in [1.54, 1.807) is 7.11 Å². The van der Waals surface area contributed by atoms with Gasteiger partial charge in [0.2, 0.25) is 0 Å². The van der Waals surface area contributed by atoms with Crippen LogP contribution in [0.1, 0.15) is 79.5 Å². The summed E-state index contributed by atoms with van der Waals surface area (Å²) in [6, 6.07) is 12.5. The molecule has 0 aliphatic carbocycles. The molecular formula is C26H36N2O2. The number of amides is 1. The van der Waals surface area contributed by atoms with Crippen molar-refractivity contribution in [1.29, 1.82) is 0 Å². The van der Waals surface area contributed by atoms with Gasteiger partial charge in [-0.1, -0.05) is 32.9 Å². The number of nitrogens with zero attached hydrogens (tertiary/aromatic N) is 1. The van der Waals surface area contributed by atoms with Crippen LogP contribution in [0.5, 0.6) is 5.75 Å². The van der Waals surface area contributed by atoms with Crippen LogP contribution in [0.25, 0.3) is 0 Å². The topological polar surface area (TPSA) is 41.6 Å². The molecule has 1 aliphatic rings. The fraction of sp³-hybridized carbons (Fsp3) is 0.500. The first-order valence-corrected chi connectivity index (χ1v) is 11.1. The highest BCUT2D eigenvalue weighted by atomic mass is 16.5. The van der Waals surface area contributed by atoms with E-state index >= 15 is 0 Å². The molecule has 1 saturated heterocycles. The number of benzene rings is 2. The predicted octanol–water partition coefficient (Wildman–Crippen LogP) is 5.85. The molecular weight excluding hydrogens is 372 g/mol. The van der Waals surface area contributed by atoms with Gasteiger partial charge in [0.05, 0.1) is 13.2 Å². The molecule has 2 aromatic rings. The smallest absolute Gasteiger partial charge is 0.252 e. The number of hydrogen-bond acceptors (Lipinski definition) is 3. The number of carbonyl (C=O) groups excluding carboxylic acids is 1. The van der Waals surface area contributed by atoms with Gasteiger partial charge < -0.3 is 15.0 Å². The number of aryl methyl sites for hydroxylation is 1. The number of rotatable bonds is 6. The van der Waals surface area contributed by atoms with Gasteiger partial charge in [-0.3, -0.25) is 4.79 Å². The Morgan fingerprint density at radius 3 is 2.30 bits per heavy atom. The summed E-state index contributed by atoms with van der Waals surface area (Å²) in [7, 11) is 1.68. The molecule has 30 heavy (non-hydrogen) atoms. The van der Waals surface area contributed by atoms with Crippen LogP contribution in [0.4, 0.5) is 5.69 Å². The van der Waals surface area contributed by atoms with Gasteiger partial charge in [-0.2, -0.15) is 0 Å². The maximum atomic E-state index is 13.0. The SMILES string of the molecule is COc1cc(C)c(C(=O)NC(C)c2ccc(N3CCC(C)CC3)cc2)cc1C(C)C. The van der Waals surface area contributed by atoms with Gasteiger partial charge in [0.25, 0.3) is 5.91 Å². The number of methoxy groups -OCH3 is 1. The van der Waals surface area contributed by atoms with Gasteiger partial charge in [0.1, 0.15) is 5.75 Å². The third-order valence-electron chi connectivity index (χ3n) is 6.33. The maximum Gasteiger partial charge on any atom is 0.252 e. The van der Waals surface area contributed by atoms with E-state index in [0.29, 0.717) is 5.56 Å². The summed E-state index contributed by atoms with van der Waals surface area (Å²) in [5.74, 6) is 1.91. The molecule has 0 spiro atoms. The fourth-order valence-electron chi connectivity index (χ4n) is 4.17. The predicted molar refractivity (Wildman–Crippen MR) is 125 cm³/mol. The monoisotopic (exact) mass is 408 g/mol. The fourth-order valence-corrected chi connectivity index (χ4v) is 4.17. The minimum absolute atomic E-state index is 0.0429. The molecule has 0 aromatic heterocycles. The van der Waals surface area contributed by atoms with Crippen LogP contribution in [0.15, 0.2) is 36.4 Å². The van der Waals surface area contributed by atoms with Gasteiger partial charge in [-0.05, 0) is 79.5 Å². The number of anilines is 1. The average Bonchev–Trinajstić information content (AvgIpc) is 2.73. The van der Waals surface area contributed by atoms with Crippen molar-refractivity contribution >= 4 is 11.6 Å². The lowest BCUT2D eigenvalue weighted by molar-refractivity contribution is 0.0939. The van der Waals surface area contributed by atoms with Gasteiger partial charge in [-0.25, -0.2) is 0 Å². The number of hydrogen-bond donors (Lipinski definition) is 1. The molecule has 4 nitrogen and oxygen atoms in total. The van der Waals surface area contributed by atoms with Crippen molar-refractivity contribution < 1.29 is 9.53 Å². The Labute approximate surface area is 181 Å². The van der Waals surface area contributed by atoms with E-state index in [-0.39, 0.29) is 17.9 Å². The van der Waals surface area contributed by atoms with Crippen LogP contribution in [-0.2, 0) is 0 Å². The van der Waals surface area contributed by atoms with Crippen LogP contribution in [0.2, 0.25) is 0 Å². The first-order chi connectivity index (χ1) is 14.3. The molecule has 1 atom stereocenters. The third-order valence-corrected chi connectivity index (χ3v) is 6.33. The molecule has 1 fully saturated rings. The lowest BCUT2D eigenvalue weighted by Crippen LogP contribution is -2.32. The summed E-state index contributed by atoms with van der Waals surface area (Å²) in [6.07, 6.45) is 2.52. The van der Waals surface area contributed by atoms with Crippen LogP contribution in [-0.4, -0.2) is 26.1 Å². The largest absolute Gasteiger partial charge is 0.496 e. The molecule has 1 unspecified atom stereocenters. The van der Waals surface area contributed by atoms with E-state index in [1.807, 2.05) is 26.0 Å². The van der Waals surface area contributed by atoms with E-state index in [1.165, 1.54) is 18.5 Å². The van der Waals surface area contributed by atoms with Crippen molar-refractivity contribution in [3.63, 3.8) is 0 Å². The van der Waals surface area contributed by atoms with Gasteiger partial charge in [0.15, 0.2) is 0 Å². The second kappa shape index (κ2) is 9.55. The van der Waals surface area contributed by atoms with Crippen LogP contribution >= 0.6 is 0 Å². The van der Waals surface area contributed by atoms with Crippen molar-refractivity contribution in [1.82, 2.24) is 5.32 Å². The zero-order valence-electron chi connectivity index (χ0n) is 19.3. The lowest BCUT2D eigenvalue weighted by Gasteiger charge is -2.32. The highest BCUT2D eigenvalue weighted by molar-refractivity contribution is 5.96.